The van der Waals surface area contributed by atoms with Gasteiger partial charge in [-0.25, -0.2) is 0 Å². The molecule has 12 N–H and O–H groups in total. The molecule has 1 amide bonds. The number of carbonyl (C=O) groups excluding carboxylic acids is 1. The van der Waals surface area contributed by atoms with Gasteiger partial charge in [-0.2, -0.15) is 0 Å². The number of hydrogen-bond donors (Lipinski definition) is 12. The van der Waals surface area contributed by atoms with E-state index >= 15 is 0 Å². The average molecular weight is 1280 g/mol. The van der Waals surface area contributed by atoms with E-state index in [-0.39, 0.29) is 18.9 Å². The average Bonchev–Trinajstić information content (AvgIpc) is 1.16. The van der Waals surface area contributed by atoms with Gasteiger partial charge in [-0.3, -0.25) is 4.79 Å². The molecule has 0 radical (unpaired) electrons. The van der Waals surface area contributed by atoms with Gasteiger partial charge in [-0.15, -0.1) is 0 Å². The van der Waals surface area contributed by atoms with Crippen LogP contribution in [0.4, 0.5) is 0 Å². The number of carbonyl (C=O) groups is 1. The van der Waals surface area contributed by atoms with Crippen LogP contribution >= 0.6 is 0 Å². The van der Waals surface area contributed by atoms with Crippen LogP contribution in [0.3, 0.4) is 0 Å². The Morgan fingerprint density at radius 3 is 1.19 bits per heavy atom. The van der Waals surface area contributed by atoms with Crippen molar-refractivity contribution in [3.05, 3.63) is 60.8 Å². The summed E-state index contributed by atoms with van der Waals surface area (Å²) in [4.78, 5) is 13.4. The molecule has 3 aliphatic rings. The summed E-state index contributed by atoms with van der Waals surface area (Å²) in [6.07, 6.45) is 37.8. The molecule has 3 fully saturated rings. The largest absolute Gasteiger partial charge is 0.394 e. The van der Waals surface area contributed by atoms with Crippen LogP contribution < -0.4 is 5.32 Å². The summed E-state index contributed by atoms with van der Waals surface area (Å²) in [7, 11) is 0. The van der Waals surface area contributed by atoms with Gasteiger partial charge in [0.1, 0.15) is 73.2 Å². The lowest BCUT2D eigenvalue weighted by Crippen LogP contribution is -2.66. The van der Waals surface area contributed by atoms with E-state index in [1.54, 1.807) is 6.08 Å². The summed E-state index contributed by atoms with van der Waals surface area (Å²) in [5, 5.41) is 120. The minimum Gasteiger partial charge on any atom is -0.394 e. The Morgan fingerprint density at radius 2 is 0.744 bits per heavy atom. The topological polar surface area (TPSA) is 307 Å². The second-order valence-corrected chi connectivity index (χ2v) is 25.3. The van der Waals surface area contributed by atoms with Gasteiger partial charge in [0.05, 0.1) is 38.6 Å². The van der Waals surface area contributed by atoms with Crippen LogP contribution in [0.2, 0.25) is 0 Å². The molecule has 0 bridgehead atoms. The quantitative estimate of drug-likeness (QED) is 0.0199. The fourth-order valence-corrected chi connectivity index (χ4v) is 11.7. The van der Waals surface area contributed by atoms with E-state index in [2.05, 4.69) is 67.8 Å². The number of nitrogens with one attached hydrogen (secondary N) is 1. The second-order valence-electron chi connectivity index (χ2n) is 25.3. The Balaban J connectivity index is 1.44. The van der Waals surface area contributed by atoms with Crippen LogP contribution in [0.5, 0.6) is 0 Å². The summed E-state index contributed by atoms with van der Waals surface area (Å²) >= 11 is 0. The molecule has 3 heterocycles. The van der Waals surface area contributed by atoms with Crippen molar-refractivity contribution < 1.29 is 89.4 Å². The first-order chi connectivity index (χ1) is 43.8. The Bertz CT molecular complexity index is 1870. The minimum absolute atomic E-state index is 0.214. The van der Waals surface area contributed by atoms with E-state index in [1.165, 1.54) is 148 Å². The lowest BCUT2D eigenvalue weighted by molar-refractivity contribution is -0.379. The van der Waals surface area contributed by atoms with Gasteiger partial charge >= 0.3 is 0 Å². The number of allylic oxidation sites excluding steroid dienone is 9. The Hall–Kier alpha value is -2.51. The van der Waals surface area contributed by atoms with Crippen LogP contribution in [-0.2, 0) is 33.2 Å². The highest BCUT2D eigenvalue weighted by Gasteiger charge is 2.53. The van der Waals surface area contributed by atoms with Crippen molar-refractivity contribution in [3.8, 4) is 0 Å². The molecular weight excluding hydrogens is 1150 g/mol. The molecule has 0 spiro atoms. The van der Waals surface area contributed by atoms with Crippen LogP contribution in [0, 0.1) is 0 Å². The van der Waals surface area contributed by atoms with Crippen LogP contribution in [0.15, 0.2) is 60.8 Å². The van der Waals surface area contributed by atoms with E-state index in [4.69, 9.17) is 28.4 Å². The van der Waals surface area contributed by atoms with Crippen molar-refractivity contribution in [2.24, 2.45) is 0 Å². The standard InChI is InChI=1S/C71H127NO18/c1-3-5-7-9-11-13-15-17-19-21-22-23-24-25-26-27-28-29-30-31-32-33-34-36-38-40-42-44-46-48-55(76)54(72-59(77)49-47-45-43-41-39-37-35-20-18-16-14-12-10-8-6-4-2)53-85-69-65(83)62(80)67(57(51-74)87-69)90-71-66(84)63(81)68(58(52-75)88-71)89-70-64(82)61(79)60(78)56(50-73)86-70/h14,16,20,32-33,35,38,40,46,48,54-58,60-71,73-76,78-84H,3-13,15,17-19,21-31,34,36-37,39,41-45,47,49-53H2,1-2H3,(H,72,77)/b16-14-,33-32+,35-20-,40-38+,48-46+. The molecular formula is C71H127NO18. The number of aliphatic hydroxyl groups is 11. The summed E-state index contributed by atoms with van der Waals surface area (Å²) in [6, 6.07) is -1.01. The zero-order valence-electron chi connectivity index (χ0n) is 55.4. The minimum atomic E-state index is -1.99. The maximum Gasteiger partial charge on any atom is 0.220 e. The van der Waals surface area contributed by atoms with E-state index < -0.39 is 124 Å². The highest BCUT2D eigenvalue weighted by atomic mass is 16.8. The molecule has 0 aromatic carbocycles. The van der Waals surface area contributed by atoms with Gasteiger partial charge < -0.3 is 89.9 Å². The molecule has 19 nitrogen and oxygen atoms in total. The second kappa shape index (κ2) is 52.7. The van der Waals surface area contributed by atoms with Gasteiger partial charge in [0.25, 0.3) is 0 Å². The molecule has 17 atom stereocenters. The maximum atomic E-state index is 13.4. The fraction of sp³-hybridized carbons (Fsp3) is 0.845. The Morgan fingerprint density at radius 1 is 0.400 bits per heavy atom. The number of amides is 1. The van der Waals surface area contributed by atoms with E-state index in [1.807, 2.05) is 6.08 Å². The normalized spacial score (nSPS) is 28.4. The third-order valence-electron chi connectivity index (χ3n) is 17.5. The van der Waals surface area contributed by atoms with Crippen LogP contribution in [0.25, 0.3) is 0 Å². The predicted molar refractivity (Wildman–Crippen MR) is 351 cm³/mol. The van der Waals surface area contributed by atoms with Crippen molar-refractivity contribution in [1.29, 1.82) is 0 Å². The number of rotatable bonds is 54. The van der Waals surface area contributed by atoms with Crippen LogP contribution in [-0.4, -0.2) is 193 Å². The molecule has 3 saturated heterocycles. The monoisotopic (exact) mass is 1280 g/mol. The zero-order valence-corrected chi connectivity index (χ0v) is 55.4. The molecule has 0 aliphatic carbocycles. The molecule has 3 rings (SSSR count). The summed E-state index contributed by atoms with van der Waals surface area (Å²) < 4.78 is 34.3. The van der Waals surface area contributed by atoms with Gasteiger partial charge in [-0.05, 0) is 77.0 Å². The fourth-order valence-electron chi connectivity index (χ4n) is 11.7. The molecule has 90 heavy (non-hydrogen) atoms. The lowest BCUT2D eigenvalue weighted by Gasteiger charge is -2.48. The van der Waals surface area contributed by atoms with Gasteiger partial charge in [0.15, 0.2) is 18.9 Å². The van der Waals surface area contributed by atoms with Gasteiger partial charge in [0, 0.05) is 6.42 Å². The SMILES string of the molecule is CCCCCC/C=C\C/C=C\CCCCCCCC(=O)NC(COC1OC(CO)C(OC2OC(CO)C(OC3OC(CO)C(O)C(O)C3O)C(O)C2O)C(O)C1O)C(O)/C=C/CC/C=C/CC/C=C/CCCCCCCCCCCCCCCCCCCCC. The summed E-state index contributed by atoms with van der Waals surface area (Å²) in [5.41, 5.74) is 0. The molecule has 0 aromatic rings. The third-order valence-corrected chi connectivity index (χ3v) is 17.5. The van der Waals surface area contributed by atoms with Crippen molar-refractivity contribution in [1.82, 2.24) is 5.32 Å². The van der Waals surface area contributed by atoms with E-state index in [0.717, 1.165) is 70.6 Å². The first-order valence-corrected chi connectivity index (χ1v) is 35.5. The van der Waals surface area contributed by atoms with E-state index in [0.29, 0.717) is 12.8 Å². The first kappa shape index (κ1) is 81.7. The Labute approximate surface area is 541 Å². The molecule has 19 heteroatoms. The van der Waals surface area contributed by atoms with E-state index in [9.17, 15) is 61.0 Å². The number of unbranched alkanes of at least 4 members (excludes halogenated alkanes) is 30. The van der Waals surface area contributed by atoms with Gasteiger partial charge in [0.2, 0.25) is 5.91 Å². The number of aliphatic hydroxyl groups excluding tert-OH is 11. The first-order valence-electron chi connectivity index (χ1n) is 35.5. The molecule has 524 valence electrons. The van der Waals surface area contributed by atoms with Crippen molar-refractivity contribution in [2.45, 2.75) is 356 Å². The zero-order chi connectivity index (χ0) is 65.4. The summed E-state index contributed by atoms with van der Waals surface area (Å²) in [6.45, 7) is 1.68. The van der Waals surface area contributed by atoms with Crippen molar-refractivity contribution in [2.75, 3.05) is 26.4 Å². The van der Waals surface area contributed by atoms with Crippen molar-refractivity contribution >= 4 is 5.91 Å². The Kier molecular flexibility index (Phi) is 47.9. The third kappa shape index (κ3) is 34.2. The van der Waals surface area contributed by atoms with Crippen molar-refractivity contribution in [3.63, 3.8) is 0 Å². The molecule has 3 aliphatic heterocycles. The smallest absolute Gasteiger partial charge is 0.220 e. The highest BCUT2D eigenvalue weighted by molar-refractivity contribution is 5.76. The molecule has 17 unspecified atom stereocenters. The van der Waals surface area contributed by atoms with Gasteiger partial charge in [-0.1, -0.05) is 229 Å². The van der Waals surface area contributed by atoms with Crippen LogP contribution in [0.1, 0.15) is 251 Å². The number of hydrogen-bond acceptors (Lipinski definition) is 18. The molecule has 0 aromatic heterocycles. The summed E-state index contributed by atoms with van der Waals surface area (Å²) in [5.74, 6) is -0.304. The predicted octanol–water partition coefficient (Wildman–Crippen LogP) is 9.55. The molecule has 0 saturated carbocycles. The highest BCUT2D eigenvalue weighted by Crippen LogP contribution is 2.33. The number of ether oxygens (including phenoxy) is 6. The maximum absolute atomic E-state index is 13.4. The lowest BCUT2D eigenvalue weighted by atomic mass is 9.96.